The number of amides is 2. The molecule has 2 N–H and O–H groups in total. The van der Waals surface area contributed by atoms with Crippen molar-refractivity contribution in [1.82, 2.24) is 29.7 Å². The number of aromatic hydroxyl groups is 2. The lowest BCUT2D eigenvalue weighted by Crippen LogP contribution is -2.56. The van der Waals surface area contributed by atoms with Gasteiger partial charge in [-0.05, 0) is 48.6 Å². The lowest BCUT2D eigenvalue weighted by molar-refractivity contribution is -0.127. The van der Waals surface area contributed by atoms with Crippen LogP contribution in [0.4, 0.5) is 11.6 Å². The van der Waals surface area contributed by atoms with Gasteiger partial charge in [-0.2, -0.15) is 10.5 Å². The molecule has 0 bridgehead atoms. The highest BCUT2D eigenvalue weighted by molar-refractivity contribution is 6.37. The van der Waals surface area contributed by atoms with Gasteiger partial charge in [0.1, 0.15) is 49.0 Å². The van der Waals surface area contributed by atoms with E-state index in [1.54, 1.807) is 46.2 Å². The number of anilines is 2. The molecular formula is C46H36Cl2N10O6. The summed E-state index contributed by atoms with van der Waals surface area (Å²) in [6, 6.07) is 16.9. The molecule has 320 valence electrons. The lowest BCUT2D eigenvalue weighted by Gasteiger charge is -2.40. The molecular weight excluding hydrogens is 859 g/mol. The number of aromatic nitrogens is 4. The maximum atomic E-state index is 12.1. The number of nitriles is 2. The molecule has 0 spiro atoms. The first-order valence-corrected chi connectivity index (χ1v) is 20.8. The van der Waals surface area contributed by atoms with Gasteiger partial charge in [0, 0.05) is 61.5 Å². The van der Waals surface area contributed by atoms with Crippen molar-refractivity contribution in [3.8, 4) is 57.4 Å². The summed E-state index contributed by atoms with van der Waals surface area (Å²) in [6.07, 6.45) is 5.57. The number of phenolic OH excluding ortho intramolecular Hbond substituents is 2. The van der Waals surface area contributed by atoms with Crippen LogP contribution in [0.5, 0.6) is 23.0 Å². The molecule has 0 aliphatic carbocycles. The van der Waals surface area contributed by atoms with Crippen LogP contribution in [-0.4, -0.2) is 116 Å². The normalized spacial score (nSPS) is 17.2. The number of benzene rings is 4. The lowest BCUT2D eigenvalue weighted by atomic mass is 9.97. The van der Waals surface area contributed by atoms with Gasteiger partial charge in [0.25, 0.3) is 0 Å². The van der Waals surface area contributed by atoms with Crippen molar-refractivity contribution in [1.29, 1.82) is 10.5 Å². The summed E-state index contributed by atoms with van der Waals surface area (Å²) in [5.74, 6) is 1.81. The van der Waals surface area contributed by atoms with Crippen LogP contribution >= 0.6 is 23.2 Å². The summed E-state index contributed by atoms with van der Waals surface area (Å²) in [7, 11) is 0. The second-order valence-corrected chi connectivity index (χ2v) is 16.0. The quantitative estimate of drug-likeness (QED) is 0.188. The smallest absolute Gasteiger partial charge is 0.246 e. The van der Waals surface area contributed by atoms with Gasteiger partial charge in [0.15, 0.2) is 11.5 Å². The fraction of sp³-hybridized carbons (Fsp3) is 0.217. The first-order valence-electron chi connectivity index (χ1n) is 20.1. The van der Waals surface area contributed by atoms with E-state index in [2.05, 4.69) is 55.0 Å². The van der Waals surface area contributed by atoms with Crippen LogP contribution in [0, 0.1) is 22.7 Å². The third kappa shape index (κ3) is 7.03. The van der Waals surface area contributed by atoms with Crippen LogP contribution < -0.4 is 19.3 Å². The molecule has 0 radical (unpaired) electrons. The highest BCUT2D eigenvalue weighted by Crippen LogP contribution is 2.50. The Balaban J connectivity index is 0.000000162. The number of fused-ring (bicyclic) bond motifs is 4. The Morgan fingerprint density at radius 2 is 1.11 bits per heavy atom. The van der Waals surface area contributed by atoms with Gasteiger partial charge in [-0.1, -0.05) is 48.5 Å². The monoisotopic (exact) mass is 894 g/mol. The van der Waals surface area contributed by atoms with Crippen molar-refractivity contribution in [3.05, 3.63) is 108 Å². The molecule has 0 saturated carbocycles. The number of ether oxygens (including phenoxy) is 2. The van der Waals surface area contributed by atoms with Crippen molar-refractivity contribution in [2.24, 2.45) is 0 Å². The van der Waals surface area contributed by atoms with E-state index in [1.165, 1.54) is 36.9 Å². The largest absolute Gasteiger partial charge is 0.507 e. The van der Waals surface area contributed by atoms with E-state index in [1.807, 2.05) is 0 Å². The molecule has 0 unspecified atom stereocenters. The van der Waals surface area contributed by atoms with Crippen LogP contribution in [0.1, 0.15) is 11.1 Å². The number of hydrogen-bond acceptors (Lipinski definition) is 14. The van der Waals surface area contributed by atoms with Crippen molar-refractivity contribution in [2.75, 3.05) is 62.3 Å². The average molecular weight is 896 g/mol. The minimum atomic E-state index is -0.127. The van der Waals surface area contributed by atoms with Gasteiger partial charge in [-0.3, -0.25) is 9.59 Å². The Bertz CT molecular complexity index is 2840. The van der Waals surface area contributed by atoms with Gasteiger partial charge >= 0.3 is 0 Å². The third-order valence-corrected chi connectivity index (χ3v) is 12.5. The van der Waals surface area contributed by atoms with E-state index >= 15 is 0 Å². The standard InChI is InChI=1S/2C23H18ClN5O3/c2*1-2-18(31)28-6-7-29-14(10-28)11-32-22-20-16(26-12-27-23(20)29)8-15(21(22)24)19-13(9-25)4-3-5-17(19)30/h2*2-5,8,12,14,30H,1,6-7,10-11H2/t2*14-/m00/s1. The molecule has 18 heteroatoms. The molecule has 2 fully saturated rings. The molecule has 6 heterocycles. The predicted molar refractivity (Wildman–Crippen MR) is 240 cm³/mol. The number of rotatable bonds is 4. The van der Waals surface area contributed by atoms with Gasteiger partial charge in [-0.25, -0.2) is 19.9 Å². The minimum absolute atomic E-state index is 0.0589. The summed E-state index contributed by atoms with van der Waals surface area (Å²) >= 11 is 13.6. The van der Waals surface area contributed by atoms with Gasteiger partial charge < -0.3 is 39.3 Å². The molecule has 2 atom stereocenters. The maximum Gasteiger partial charge on any atom is 0.246 e. The first-order chi connectivity index (χ1) is 31.1. The zero-order chi connectivity index (χ0) is 44.8. The van der Waals surface area contributed by atoms with Crippen molar-refractivity contribution >= 4 is 68.5 Å². The Hall–Kier alpha value is -7.66. The van der Waals surface area contributed by atoms with Crippen molar-refractivity contribution in [3.63, 3.8) is 0 Å². The average Bonchev–Trinajstić information content (AvgIpc) is 3.60. The third-order valence-electron chi connectivity index (χ3n) is 11.8. The van der Waals surface area contributed by atoms with Crippen LogP contribution in [0.25, 0.3) is 44.1 Å². The first kappa shape index (κ1) is 41.7. The fourth-order valence-corrected chi connectivity index (χ4v) is 9.37. The van der Waals surface area contributed by atoms with Crippen LogP contribution in [-0.2, 0) is 9.59 Å². The van der Waals surface area contributed by atoms with E-state index in [9.17, 15) is 30.3 Å². The minimum Gasteiger partial charge on any atom is -0.507 e. The second kappa shape index (κ2) is 16.9. The molecule has 6 aromatic rings. The molecule has 2 amide bonds. The number of carbonyl (C=O) groups is 2. The van der Waals surface area contributed by atoms with E-state index < -0.39 is 0 Å². The fourth-order valence-electron chi connectivity index (χ4n) is 8.77. The molecule has 4 aliphatic heterocycles. The summed E-state index contributed by atoms with van der Waals surface area (Å²) in [5.41, 5.74) is 3.31. The van der Waals surface area contributed by atoms with E-state index in [-0.39, 0.29) is 69.8 Å². The molecule has 4 aromatic carbocycles. The van der Waals surface area contributed by atoms with E-state index in [4.69, 9.17) is 32.7 Å². The highest BCUT2D eigenvalue weighted by atomic mass is 35.5. The zero-order valence-corrected chi connectivity index (χ0v) is 35.4. The van der Waals surface area contributed by atoms with E-state index in [0.29, 0.717) is 106 Å². The molecule has 2 aromatic heterocycles. The van der Waals surface area contributed by atoms with Gasteiger partial charge in [0.05, 0.1) is 67.2 Å². The number of carbonyl (C=O) groups excluding carboxylic acids is 2. The summed E-state index contributed by atoms with van der Waals surface area (Å²) in [4.78, 5) is 49.8. The number of nitrogens with zero attached hydrogens (tertiary/aromatic N) is 10. The number of piperazine rings is 2. The molecule has 10 rings (SSSR count). The number of halogens is 2. The maximum absolute atomic E-state index is 12.1. The Kier molecular flexibility index (Phi) is 11.0. The SMILES string of the molecule is C=CC(=O)N1CCN2c3ncnc4cc(-c5c(O)cccc5C#N)c(Cl)c(c34)OC[C@@H]2C1.C=CC(=O)N1CCN2c3ncnc4cc(-c5c(O)cccc5C#N)c(Cl)c(c34)OC[C@@H]2C1. The second-order valence-electron chi connectivity index (χ2n) is 15.2. The molecule has 2 saturated heterocycles. The van der Waals surface area contributed by atoms with Crippen LogP contribution in [0.3, 0.4) is 0 Å². The number of hydrogen-bond donors (Lipinski definition) is 2. The highest BCUT2D eigenvalue weighted by Gasteiger charge is 2.37. The van der Waals surface area contributed by atoms with Crippen LogP contribution in [0.2, 0.25) is 10.0 Å². The topological polar surface area (TPSA) is 205 Å². The summed E-state index contributed by atoms with van der Waals surface area (Å²) < 4.78 is 12.4. The van der Waals surface area contributed by atoms with Crippen molar-refractivity contribution < 1.29 is 29.3 Å². The van der Waals surface area contributed by atoms with Gasteiger partial charge in [-0.15, -0.1) is 0 Å². The Morgan fingerprint density at radius 1 is 0.688 bits per heavy atom. The van der Waals surface area contributed by atoms with E-state index in [0.717, 1.165) is 0 Å². The van der Waals surface area contributed by atoms with Gasteiger partial charge in [0.2, 0.25) is 11.8 Å². The number of phenols is 2. The summed E-state index contributed by atoms with van der Waals surface area (Å²) in [5, 5.41) is 42.0. The Morgan fingerprint density at radius 3 is 1.50 bits per heavy atom. The molecule has 16 nitrogen and oxygen atoms in total. The molecule has 64 heavy (non-hydrogen) atoms. The predicted octanol–water partition coefficient (Wildman–Crippen LogP) is 6.25. The Labute approximate surface area is 376 Å². The molecule has 4 aliphatic rings. The zero-order valence-electron chi connectivity index (χ0n) is 33.9. The summed E-state index contributed by atoms with van der Waals surface area (Å²) in [6.45, 7) is 10.9. The van der Waals surface area contributed by atoms with Crippen LogP contribution in [0.15, 0.2) is 86.5 Å². The van der Waals surface area contributed by atoms with Crippen molar-refractivity contribution in [2.45, 2.75) is 12.1 Å².